The lowest BCUT2D eigenvalue weighted by atomic mass is 10.1. The zero-order chi connectivity index (χ0) is 14.5. The van der Waals surface area contributed by atoms with Crippen LogP contribution >= 0.6 is 0 Å². The Balaban J connectivity index is 2.08. The number of aromatic carboxylic acids is 1. The van der Waals surface area contributed by atoms with E-state index in [0.29, 0.717) is 32.7 Å². The maximum absolute atomic E-state index is 12.3. The van der Waals surface area contributed by atoms with E-state index < -0.39 is 5.97 Å². The van der Waals surface area contributed by atoms with E-state index in [1.165, 1.54) is 18.3 Å². The molecule has 108 valence electrons. The van der Waals surface area contributed by atoms with E-state index in [0.717, 1.165) is 0 Å². The normalized spacial score (nSPS) is 16.1. The number of carboxylic acids is 1. The Kier molecular flexibility index (Phi) is 4.65. The van der Waals surface area contributed by atoms with Crippen molar-refractivity contribution in [1.29, 1.82) is 0 Å². The third kappa shape index (κ3) is 3.12. The van der Waals surface area contributed by atoms with E-state index in [1.54, 1.807) is 4.90 Å². The molecule has 2 heterocycles. The molecule has 1 saturated heterocycles. The molecule has 20 heavy (non-hydrogen) atoms. The molecule has 0 atom stereocenters. The second-order valence-corrected chi connectivity index (χ2v) is 4.56. The lowest BCUT2D eigenvalue weighted by molar-refractivity contribution is 0.0592. The highest BCUT2D eigenvalue weighted by Crippen LogP contribution is 2.11. The smallest absolute Gasteiger partial charge is 0.338 e. The summed E-state index contributed by atoms with van der Waals surface area (Å²) in [5.41, 5.74) is -0.0918. The highest BCUT2D eigenvalue weighted by atomic mass is 16.4. The van der Waals surface area contributed by atoms with Crippen molar-refractivity contribution in [1.82, 2.24) is 14.8 Å². The summed E-state index contributed by atoms with van der Waals surface area (Å²) in [6.07, 6.45) is 1.42. The van der Waals surface area contributed by atoms with Gasteiger partial charge in [-0.25, -0.2) is 4.79 Å². The molecule has 0 aromatic carbocycles. The molecule has 2 N–H and O–H groups in total. The molecule has 0 aliphatic carbocycles. The number of piperazine rings is 1. The Labute approximate surface area is 116 Å². The molecule has 1 aromatic heterocycles. The van der Waals surface area contributed by atoms with Crippen LogP contribution in [0.5, 0.6) is 0 Å². The first-order valence-electron chi connectivity index (χ1n) is 6.44. The maximum atomic E-state index is 12.3. The third-order valence-corrected chi connectivity index (χ3v) is 3.32. The molecular formula is C13H17N3O4. The highest BCUT2D eigenvalue weighted by Gasteiger charge is 2.26. The molecule has 1 aliphatic heterocycles. The molecule has 1 aromatic rings. The Morgan fingerprint density at radius 1 is 1.25 bits per heavy atom. The molecule has 7 heteroatoms. The van der Waals surface area contributed by atoms with Gasteiger partial charge in [-0.2, -0.15) is 0 Å². The van der Waals surface area contributed by atoms with Gasteiger partial charge in [-0.05, 0) is 12.1 Å². The maximum Gasteiger partial charge on any atom is 0.338 e. The molecule has 0 saturated carbocycles. The third-order valence-electron chi connectivity index (χ3n) is 3.32. The number of aliphatic hydroxyl groups excluding tert-OH is 1. The van der Waals surface area contributed by atoms with Crippen LogP contribution in [0, 0.1) is 0 Å². The highest BCUT2D eigenvalue weighted by molar-refractivity contribution is 6.03. The summed E-state index contributed by atoms with van der Waals surface area (Å²) in [6.45, 7) is 3.04. The van der Waals surface area contributed by atoms with Crippen LogP contribution < -0.4 is 0 Å². The molecule has 1 fully saturated rings. The van der Waals surface area contributed by atoms with Crippen molar-refractivity contribution in [2.24, 2.45) is 0 Å². The molecule has 1 amide bonds. The number of rotatable bonds is 4. The molecule has 0 spiro atoms. The minimum absolute atomic E-state index is 0.0180. The summed E-state index contributed by atoms with van der Waals surface area (Å²) < 4.78 is 0. The van der Waals surface area contributed by atoms with Gasteiger partial charge in [0, 0.05) is 38.9 Å². The van der Waals surface area contributed by atoms with Gasteiger partial charge in [-0.15, -0.1) is 0 Å². The summed E-state index contributed by atoms with van der Waals surface area (Å²) in [6, 6.07) is 2.88. The largest absolute Gasteiger partial charge is 0.478 e. The van der Waals surface area contributed by atoms with E-state index in [4.69, 9.17) is 10.2 Å². The molecule has 2 rings (SSSR count). The van der Waals surface area contributed by atoms with Gasteiger partial charge in [0.2, 0.25) is 0 Å². The number of carbonyl (C=O) groups is 2. The van der Waals surface area contributed by atoms with Crippen molar-refractivity contribution < 1.29 is 19.8 Å². The zero-order valence-electron chi connectivity index (χ0n) is 11.0. The first-order valence-corrected chi connectivity index (χ1v) is 6.44. The topological polar surface area (TPSA) is 94.0 Å². The fourth-order valence-corrected chi connectivity index (χ4v) is 2.21. The molecule has 1 aliphatic rings. The number of amides is 1. The van der Waals surface area contributed by atoms with Crippen molar-refractivity contribution >= 4 is 11.9 Å². The van der Waals surface area contributed by atoms with Crippen molar-refractivity contribution in [2.45, 2.75) is 0 Å². The summed E-state index contributed by atoms with van der Waals surface area (Å²) in [5, 5.41) is 17.9. The summed E-state index contributed by atoms with van der Waals surface area (Å²) in [7, 11) is 0. The van der Waals surface area contributed by atoms with Crippen LogP contribution in [0.25, 0.3) is 0 Å². The summed E-state index contributed by atoms with van der Waals surface area (Å²) >= 11 is 0. The predicted octanol–water partition coefficient (Wildman–Crippen LogP) is -0.470. The SMILES string of the molecule is O=C(O)c1cccnc1C(=O)N1CCN(CCO)CC1. The van der Waals surface area contributed by atoms with Gasteiger partial charge in [-0.3, -0.25) is 14.7 Å². The number of carboxylic acid groups (broad SMARTS) is 1. The van der Waals surface area contributed by atoms with Crippen LogP contribution in [0.15, 0.2) is 18.3 Å². The van der Waals surface area contributed by atoms with Gasteiger partial charge in [0.05, 0.1) is 12.2 Å². The van der Waals surface area contributed by atoms with Gasteiger partial charge < -0.3 is 15.1 Å². The van der Waals surface area contributed by atoms with Crippen LogP contribution in [0.3, 0.4) is 0 Å². The number of pyridine rings is 1. The Hall–Kier alpha value is -1.99. The molecule has 0 radical (unpaired) electrons. The predicted molar refractivity (Wildman–Crippen MR) is 70.6 cm³/mol. The molecule has 0 unspecified atom stereocenters. The van der Waals surface area contributed by atoms with Gasteiger partial charge in [0.15, 0.2) is 0 Å². The van der Waals surface area contributed by atoms with Crippen LogP contribution in [0.2, 0.25) is 0 Å². The average molecular weight is 279 g/mol. The first kappa shape index (κ1) is 14.4. The Bertz CT molecular complexity index is 498. The number of hydrogen-bond donors (Lipinski definition) is 2. The number of nitrogens with zero attached hydrogens (tertiary/aromatic N) is 3. The first-order chi connectivity index (χ1) is 9.63. The van der Waals surface area contributed by atoms with E-state index in [2.05, 4.69) is 9.88 Å². The minimum Gasteiger partial charge on any atom is -0.478 e. The van der Waals surface area contributed by atoms with E-state index in [-0.39, 0.29) is 23.8 Å². The van der Waals surface area contributed by atoms with Gasteiger partial charge >= 0.3 is 5.97 Å². The standard InChI is InChI=1S/C13H17N3O4/c17-9-8-15-4-6-16(7-5-15)12(18)11-10(13(19)20)2-1-3-14-11/h1-3,17H,4-9H2,(H,19,20). The van der Waals surface area contributed by atoms with Crippen LogP contribution in [-0.2, 0) is 0 Å². The Morgan fingerprint density at radius 2 is 1.95 bits per heavy atom. The van der Waals surface area contributed by atoms with Crippen molar-refractivity contribution in [2.75, 3.05) is 39.3 Å². The lowest BCUT2D eigenvalue weighted by Crippen LogP contribution is -2.49. The van der Waals surface area contributed by atoms with Crippen molar-refractivity contribution in [3.05, 3.63) is 29.6 Å². The molecule has 0 bridgehead atoms. The Morgan fingerprint density at radius 3 is 2.55 bits per heavy atom. The molecular weight excluding hydrogens is 262 g/mol. The lowest BCUT2D eigenvalue weighted by Gasteiger charge is -2.34. The van der Waals surface area contributed by atoms with E-state index in [9.17, 15) is 9.59 Å². The number of β-amino-alcohol motifs (C(OH)–C–C–N with tert-alkyl or cyclic N) is 1. The van der Waals surface area contributed by atoms with Crippen LogP contribution in [0.1, 0.15) is 20.8 Å². The monoisotopic (exact) mass is 279 g/mol. The average Bonchev–Trinajstić information content (AvgIpc) is 2.47. The van der Waals surface area contributed by atoms with Crippen molar-refractivity contribution in [3.63, 3.8) is 0 Å². The zero-order valence-corrected chi connectivity index (χ0v) is 11.0. The van der Waals surface area contributed by atoms with Gasteiger partial charge in [0.1, 0.15) is 5.69 Å². The number of hydrogen-bond acceptors (Lipinski definition) is 5. The summed E-state index contributed by atoms with van der Waals surface area (Å²) in [4.78, 5) is 31.0. The van der Waals surface area contributed by atoms with E-state index in [1.807, 2.05) is 0 Å². The van der Waals surface area contributed by atoms with Crippen LogP contribution in [-0.4, -0.2) is 76.2 Å². The number of aliphatic hydroxyl groups is 1. The van der Waals surface area contributed by atoms with Crippen LogP contribution in [0.4, 0.5) is 0 Å². The van der Waals surface area contributed by atoms with Crippen molar-refractivity contribution in [3.8, 4) is 0 Å². The molecule has 7 nitrogen and oxygen atoms in total. The van der Waals surface area contributed by atoms with Gasteiger partial charge in [0.25, 0.3) is 5.91 Å². The summed E-state index contributed by atoms with van der Waals surface area (Å²) in [5.74, 6) is -1.51. The number of aromatic nitrogens is 1. The quantitative estimate of drug-likeness (QED) is 0.774. The van der Waals surface area contributed by atoms with Gasteiger partial charge in [-0.1, -0.05) is 0 Å². The second-order valence-electron chi connectivity index (χ2n) is 4.56. The number of carbonyl (C=O) groups excluding carboxylic acids is 1. The fourth-order valence-electron chi connectivity index (χ4n) is 2.21. The fraction of sp³-hybridized carbons (Fsp3) is 0.462. The van der Waals surface area contributed by atoms with E-state index >= 15 is 0 Å². The second kappa shape index (κ2) is 6.44. The minimum atomic E-state index is -1.15.